The summed E-state index contributed by atoms with van der Waals surface area (Å²) >= 11 is 0. The number of aromatic nitrogens is 4. The van der Waals surface area contributed by atoms with Crippen LogP contribution >= 0.6 is 0 Å². The van der Waals surface area contributed by atoms with Gasteiger partial charge in [0, 0.05) is 49.5 Å². The van der Waals surface area contributed by atoms with Gasteiger partial charge in [-0.05, 0) is 30.3 Å². The standard InChI is InChI=1S/C24H20F2N6O/c1-31(2)15-6-4-5-13(9-15)23-16-10-14(7-8-19(16)29-30-23)28-24(33)21-18(25)11-20-17(22(21)26)12-27-32(20)3/h4-12H,1-3H3,(H,28,33)(H,29,30). The maximum absolute atomic E-state index is 14.9. The third-order valence-electron chi connectivity index (χ3n) is 5.63. The van der Waals surface area contributed by atoms with E-state index >= 15 is 0 Å². The van der Waals surface area contributed by atoms with Crippen molar-refractivity contribution in [2.45, 2.75) is 0 Å². The van der Waals surface area contributed by atoms with E-state index in [-0.39, 0.29) is 10.9 Å². The lowest BCUT2D eigenvalue weighted by Crippen LogP contribution is -2.16. The van der Waals surface area contributed by atoms with E-state index in [2.05, 4.69) is 20.6 Å². The summed E-state index contributed by atoms with van der Waals surface area (Å²) < 4.78 is 30.9. The van der Waals surface area contributed by atoms with Gasteiger partial charge in [-0.2, -0.15) is 10.2 Å². The summed E-state index contributed by atoms with van der Waals surface area (Å²) in [7, 11) is 5.49. The molecule has 166 valence electrons. The SMILES string of the molecule is CN(C)c1cccc(-c2n[nH]c3ccc(NC(=O)c4c(F)cc5c(cnn5C)c4F)cc23)c1. The molecule has 0 radical (unpaired) electrons. The van der Waals surface area contributed by atoms with Gasteiger partial charge in [0.1, 0.15) is 22.9 Å². The van der Waals surface area contributed by atoms with Crippen LogP contribution in [0.15, 0.2) is 54.7 Å². The third kappa shape index (κ3) is 3.47. The molecule has 0 aliphatic rings. The van der Waals surface area contributed by atoms with Crippen molar-refractivity contribution in [2.24, 2.45) is 7.05 Å². The molecular formula is C24H20F2N6O. The Morgan fingerprint density at radius 3 is 2.70 bits per heavy atom. The van der Waals surface area contributed by atoms with Gasteiger partial charge < -0.3 is 10.2 Å². The Balaban J connectivity index is 1.52. The summed E-state index contributed by atoms with van der Waals surface area (Å²) in [6.07, 6.45) is 1.27. The number of benzene rings is 3. The fourth-order valence-corrected chi connectivity index (χ4v) is 3.86. The van der Waals surface area contributed by atoms with E-state index in [0.29, 0.717) is 11.4 Å². The number of halogens is 2. The van der Waals surface area contributed by atoms with Gasteiger partial charge in [-0.3, -0.25) is 14.6 Å². The molecule has 5 rings (SSSR count). The van der Waals surface area contributed by atoms with Gasteiger partial charge in [-0.25, -0.2) is 8.78 Å². The minimum Gasteiger partial charge on any atom is -0.378 e. The van der Waals surface area contributed by atoms with Crippen molar-refractivity contribution >= 4 is 39.1 Å². The van der Waals surface area contributed by atoms with Gasteiger partial charge in [-0.15, -0.1) is 0 Å². The highest BCUT2D eigenvalue weighted by atomic mass is 19.1. The molecule has 9 heteroatoms. The molecule has 0 aliphatic carbocycles. The topological polar surface area (TPSA) is 78.8 Å². The van der Waals surface area contributed by atoms with Crippen LogP contribution in [0.3, 0.4) is 0 Å². The van der Waals surface area contributed by atoms with Crippen molar-refractivity contribution in [3.05, 3.63) is 71.9 Å². The summed E-state index contributed by atoms with van der Waals surface area (Å²) in [5.41, 5.74) is 3.41. The van der Waals surface area contributed by atoms with Crippen molar-refractivity contribution in [1.82, 2.24) is 20.0 Å². The van der Waals surface area contributed by atoms with Crippen LogP contribution in [-0.2, 0) is 7.05 Å². The summed E-state index contributed by atoms with van der Waals surface area (Å²) in [5.74, 6) is -2.78. The molecule has 2 heterocycles. The Morgan fingerprint density at radius 1 is 1.09 bits per heavy atom. The van der Waals surface area contributed by atoms with Crippen LogP contribution < -0.4 is 10.2 Å². The number of hydrogen-bond donors (Lipinski definition) is 2. The monoisotopic (exact) mass is 446 g/mol. The van der Waals surface area contributed by atoms with Gasteiger partial charge >= 0.3 is 0 Å². The molecule has 0 unspecified atom stereocenters. The quantitative estimate of drug-likeness (QED) is 0.419. The van der Waals surface area contributed by atoms with E-state index < -0.39 is 23.1 Å². The maximum Gasteiger partial charge on any atom is 0.261 e. The average molecular weight is 446 g/mol. The molecule has 3 aromatic carbocycles. The maximum atomic E-state index is 14.9. The smallest absolute Gasteiger partial charge is 0.261 e. The first-order valence-electron chi connectivity index (χ1n) is 10.2. The van der Waals surface area contributed by atoms with Crippen LogP contribution in [0, 0.1) is 11.6 Å². The van der Waals surface area contributed by atoms with Crippen LogP contribution in [0.5, 0.6) is 0 Å². The third-order valence-corrected chi connectivity index (χ3v) is 5.63. The van der Waals surface area contributed by atoms with Gasteiger partial charge in [0.2, 0.25) is 0 Å². The van der Waals surface area contributed by atoms with E-state index in [1.807, 2.05) is 43.3 Å². The van der Waals surface area contributed by atoms with E-state index in [9.17, 15) is 13.6 Å². The fourth-order valence-electron chi connectivity index (χ4n) is 3.86. The number of H-pyrrole nitrogens is 1. The molecule has 0 saturated heterocycles. The predicted octanol–water partition coefficient (Wildman–Crippen LogP) is 4.71. The van der Waals surface area contributed by atoms with E-state index in [0.717, 1.165) is 28.2 Å². The second kappa shape index (κ2) is 7.70. The number of anilines is 2. The molecule has 33 heavy (non-hydrogen) atoms. The molecule has 0 bridgehead atoms. The molecule has 2 aromatic heterocycles. The Kier molecular flexibility index (Phi) is 4.81. The largest absolute Gasteiger partial charge is 0.378 e. The van der Waals surface area contributed by atoms with Gasteiger partial charge in [-0.1, -0.05) is 12.1 Å². The number of aryl methyl sites for hydroxylation is 1. The molecule has 0 saturated carbocycles. The highest BCUT2D eigenvalue weighted by Gasteiger charge is 2.22. The second-order valence-electron chi connectivity index (χ2n) is 7.98. The lowest BCUT2D eigenvalue weighted by Gasteiger charge is -2.13. The van der Waals surface area contributed by atoms with E-state index in [4.69, 9.17) is 0 Å². The highest BCUT2D eigenvalue weighted by molar-refractivity contribution is 6.08. The zero-order valence-electron chi connectivity index (χ0n) is 18.1. The Morgan fingerprint density at radius 2 is 1.91 bits per heavy atom. The number of carbonyl (C=O) groups is 1. The number of hydrogen-bond acceptors (Lipinski definition) is 4. The van der Waals surface area contributed by atoms with Crippen LogP contribution in [0.25, 0.3) is 33.1 Å². The lowest BCUT2D eigenvalue weighted by molar-refractivity contribution is 0.101. The second-order valence-corrected chi connectivity index (χ2v) is 7.98. The summed E-state index contributed by atoms with van der Waals surface area (Å²) in [6.45, 7) is 0. The molecule has 7 nitrogen and oxygen atoms in total. The molecule has 1 amide bonds. The molecule has 0 spiro atoms. The van der Waals surface area contributed by atoms with E-state index in [1.165, 1.54) is 10.9 Å². The normalized spacial score (nSPS) is 11.3. The van der Waals surface area contributed by atoms with Gasteiger partial charge in [0.05, 0.1) is 22.6 Å². The van der Waals surface area contributed by atoms with Gasteiger partial charge in [0.15, 0.2) is 0 Å². The number of aromatic amines is 1. The molecule has 0 fully saturated rings. The predicted molar refractivity (Wildman–Crippen MR) is 124 cm³/mol. The Hall–Kier alpha value is -4.27. The first kappa shape index (κ1) is 20.6. The average Bonchev–Trinajstić information content (AvgIpc) is 3.37. The molecular weight excluding hydrogens is 426 g/mol. The minimum absolute atomic E-state index is 0.0809. The first-order valence-corrected chi connectivity index (χ1v) is 10.2. The summed E-state index contributed by atoms with van der Waals surface area (Å²) in [5, 5.41) is 14.8. The van der Waals surface area contributed by atoms with Crippen molar-refractivity contribution in [3.8, 4) is 11.3 Å². The first-order chi connectivity index (χ1) is 15.8. The van der Waals surface area contributed by atoms with Gasteiger partial charge in [0.25, 0.3) is 5.91 Å². The van der Waals surface area contributed by atoms with Crippen LogP contribution in [0.2, 0.25) is 0 Å². The Bertz CT molecular complexity index is 1540. The number of fused-ring (bicyclic) bond motifs is 2. The van der Waals surface area contributed by atoms with Crippen LogP contribution in [-0.4, -0.2) is 40.0 Å². The highest BCUT2D eigenvalue weighted by Crippen LogP contribution is 2.31. The number of rotatable bonds is 4. The number of nitrogens with one attached hydrogen (secondary N) is 2. The zero-order valence-corrected chi connectivity index (χ0v) is 18.1. The Labute approximate surface area is 187 Å². The molecule has 5 aromatic rings. The number of nitrogens with zero attached hydrogens (tertiary/aromatic N) is 4. The van der Waals surface area contributed by atoms with Crippen molar-refractivity contribution in [1.29, 1.82) is 0 Å². The lowest BCUT2D eigenvalue weighted by atomic mass is 10.1. The number of amides is 1. The van der Waals surface area contributed by atoms with Crippen LogP contribution in [0.1, 0.15) is 10.4 Å². The van der Waals surface area contributed by atoms with Crippen molar-refractivity contribution in [2.75, 3.05) is 24.3 Å². The summed E-state index contributed by atoms with van der Waals surface area (Å²) in [4.78, 5) is 14.8. The molecule has 0 atom stereocenters. The minimum atomic E-state index is -0.952. The van der Waals surface area contributed by atoms with Crippen molar-refractivity contribution < 1.29 is 13.6 Å². The number of carbonyl (C=O) groups excluding carboxylic acids is 1. The van der Waals surface area contributed by atoms with E-state index in [1.54, 1.807) is 25.2 Å². The molecule has 2 N–H and O–H groups in total. The summed E-state index contributed by atoms with van der Waals surface area (Å²) in [6, 6.07) is 14.1. The van der Waals surface area contributed by atoms with Crippen molar-refractivity contribution in [3.63, 3.8) is 0 Å². The molecule has 0 aliphatic heterocycles. The zero-order chi connectivity index (χ0) is 23.3. The fraction of sp³-hybridized carbons (Fsp3) is 0.125. The van der Waals surface area contributed by atoms with Crippen LogP contribution in [0.4, 0.5) is 20.2 Å².